The number of benzene rings is 4. The van der Waals surface area contributed by atoms with E-state index in [1.807, 2.05) is 6.07 Å². The maximum Gasteiger partial charge on any atom is 0.343 e. The fourth-order valence-electron chi connectivity index (χ4n) is 4.04. The van der Waals surface area contributed by atoms with Gasteiger partial charge in [-0.25, -0.2) is 13.2 Å². The lowest BCUT2D eigenvalue weighted by molar-refractivity contribution is 0.0685. The van der Waals surface area contributed by atoms with Crippen molar-refractivity contribution >= 4 is 27.5 Å². The highest BCUT2D eigenvalue weighted by Crippen LogP contribution is 2.40. The fraction of sp³-hybridized carbons (Fsp3) is 0.0345. The van der Waals surface area contributed by atoms with Gasteiger partial charge >= 0.3 is 5.97 Å². The zero-order chi connectivity index (χ0) is 25.1. The van der Waals surface area contributed by atoms with E-state index >= 15 is 0 Å². The van der Waals surface area contributed by atoms with Crippen LogP contribution in [0.1, 0.15) is 31.8 Å². The van der Waals surface area contributed by atoms with Crippen molar-refractivity contribution in [1.82, 2.24) is 4.31 Å². The lowest BCUT2D eigenvalue weighted by atomic mass is 10.0. The number of ketones is 1. The van der Waals surface area contributed by atoms with Gasteiger partial charge in [-0.1, -0.05) is 91.0 Å². The first kappa shape index (κ1) is 23.3. The molecular weight excluding hydrogens is 474 g/mol. The normalized spacial score (nSPS) is 14.2. The molecule has 0 N–H and O–H groups in total. The van der Waals surface area contributed by atoms with Gasteiger partial charge in [-0.2, -0.15) is 0 Å². The van der Waals surface area contributed by atoms with E-state index in [4.69, 9.17) is 4.74 Å². The quantitative estimate of drug-likeness (QED) is 0.268. The Morgan fingerprint density at radius 3 is 1.83 bits per heavy atom. The molecule has 1 aliphatic heterocycles. The first-order valence-electron chi connectivity index (χ1n) is 11.2. The van der Waals surface area contributed by atoms with Crippen molar-refractivity contribution in [2.45, 2.75) is 11.4 Å². The lowest BCUT2D eigenvalue weighted by Gasteiger charge is -2.33. The molecule has 1 heterocycles. The summed E-state index contributed by atoms with van der Waals surface area (Å²) in [4.78, 5) is 26.9. The summed E-state index contributed by atoms with van der Waals surface area (Å²) in [5.41, 5.74) is 1.16. The van der Waals surface area contributed by atoms with Crippen molar-refractivity contribution in [2.75, 3.05) is 0 Å². The number of ether oxygens (including phenoxy) is 1. The second-order valence-corrected chi connectivity index (χ2v) is 9.95. The number of fused-ring (bicyclic) bond motifs is 1. The molecule has 0 unspecified atom stereocenters. The fourth-order valence-corrected chi connectivity index (χ4v) is 5.70. The summed E-state index contributed by atoms with van der Waals surface area (Å²) < 4.78 is 34.6. The van der Waals surface area contributed by atoms with E-state index in [2.05, 4.69) is 0 Å². The second kappa shape index (κ2) is 9.64. The summed E-state index contributed by atoms with van der Waals surface area (Å²) in [5.74, 6) is -1.36. The van der Waals surface area contributed by atoms with E-state index in [1.54, 1.807) is 103 Å². The summed E-state index contributed by atoms with van der Waals surface area (Å²) in [6.07, 6.45) is 0. The van der Waals surface area contributed by atoms with Gasteiger partial charge < -0.3 is 4.74 Å². The van der Waals surface area contributed by atoms with E-state index in [9.17, 15) is 18.0 Å². The molecule has 5 rings (SSSR count). The van der Waals surface area contributed by atoms with Crippen molar-refractivity contribution in [3.63, 3.8) is 0 Å². The molecule has 7 heteroatoms. The molecule has 0 saturated heterocycles. The highest BCUT2D eigenvalue weighted by molar-refractivity contribution is 7.89. The van der Waals surface area contributed by atoms with Crippen LogP contribution in [0.25, 0.3) is 5.76 Å². The van der Waals surface area contributed by atoms with Crippen LogP contribution >= 0.6 is 0 Å². The standard InChI is InChI=1S/C29H21NO5S/c31-27(22-14-6-2-7-15-22)26-28(35-29(32)23-16-8-3-9-17-23)24-18-10-11-19-25(24)36(33,34)30(26)20-21-12-4-1-5-13-21/h1-19H,20H2. The summed E-state index contributed by atoms with van der Waals surface area (Å²) in [7, 11) is -4.15. The Morgan fingerprint density at radius 1 is 0.667 bits per heavy atom. The predicted octanol–water partition coefficient (Wildman–Crippen LogP) is 5.30. The SMILES string of the molecule is O=C(OC1=C(C(=O)c2ccccc2)N(Cc2ccccc2)S(=O)(=O)c2ccccc21)c1ccccc1. The Morgan fingerprint density at radius 2 is 1.19 bits per heavy atom. The number of hydrogen-bond acceptors (Lipinski definition) is 5. The van der Waals surface area contributed by atoms with Crippen molar-refractivity contribution in [3.8, 4) is 0 Å². The van der Waals surface area contributed by atoms with Gasteiger partial charge in [0.25, 0.3) is 10.0 Å². The van der Waals surface area contributed by atoms with Crippen molar-refractivity contribution in [3.05, 3.63) is 143 Å². The highest BCUT2D eigenvalue weighted by atomic mass is 32.2. The van der Waals surface area contributed by atoms with E-state index in [0.717, 1.165) is 4.31 Å². The molecule has 0 bridgehead atoms. The van der Waals surface area contributed by atoms with E-state index in [0.29, 0.717) is 5.56 Å². The maximum absolute atomic E-state index is 13.9. The molecule has 0 fully saturated rings. The average molecular weight is 496 g/mol. The van der Waals surface area contributed by atoms with Gasteiger partial charge in [0, 0.05) is 11.1 Å². The molecule has 1 aliphatic rings. The molecule has 36 heavy (non-hydrogen) atoms. The summed E-state index contributed by atoms with van der Waals surface area (Å²) >= 11 is 0. The van der Waals surface area contributed by atoms with Gasteiger partial charge in [-0.3, -0.25) is 9.10 Å². The van der Waals surface area contributed by atoms with Gasteiger partial charge in [-0.05, 0) is 29.8 Å². The summed E-state index contributed by atoms with van der Waals surface area (Å²) in [5, 5.41) is 0. The first-order chi connectivity index (χ1) is 17.5. The third kappa shape index (κ3) is 4.32. The monoisotopic (exact) mass is 495 g/mol. The lowest BCUT2D eigenvalue weighted by Crippen LogP contribution is -2.38. The van der Waals surface area contributed by atoms with Crippen LogP contribution < -0.4 is 0 Å². The van der Waals surface area contributed by atoms with E-state index < -0.39 is 21.8 Å². The predicted molar refractivity (Wildman–Crippen MR) is 135 cm³/mol. The van der Waals surface area contributed by atoms with E-state index in [-0.39, 0.29) is 39.6 Å². The largest absolute Gasteiger partial charge is 0.420 e. The number of Topliss-reactive ketones (excluding diaryl/α,β-unsaturated/α-hetero) is 1. The molecule has 0 aromatic heterocycles. The zero-order valence-electron chi connectivity index (χ0n) is 19.1. The Balaban J connectivity index is 1.75. The third-order valence-electron chi connectivity index (χ3n) is 5.79. The number of esters is 1. The Labute approximate surface area is 209 Å². The number of rotatable bonds is 6. The van der Waals surface area contributed by atoms with Gasteiger partial charge in [0.05, 0.1) is 17.0 Å². The first-order valence-corrected chi connectivity index (χ1v) is 12.7. The van der Waals surface area contributed by atoms with Crippen LogP contribution in [0.3, 0.4) is 0 Å². The molecule has 6 nitrogen and oxygen atoms in total. The summed E-state index contributed by atoms with van der Waals surface area (Å²) in [6.45, 7) is -0.113. The Bertz CT molecular complexity index is 1560. The molecule has 4 aromatic carbocycles. The molecule has 0 radical (unpaired) electrons. The highest BCUT2D eigenvalue weighted by Gasteiger charge is 2.41. The van der Waals surface area contributed by atoms with Crippen LogP contribution in [-0.2, 0) is 21.3 Å². The van der Waals surface area contributed by atoms with Crippen LogP contribution in [0, 0.1) is 0 Å². The Kier molecular flexibility index (Phi) is 6.23. The number of sulfonamides is 1. The molecule has 0 aliphatic carbocycles. The minimum atomic E-state index is -4.15. The van der Waals surface area contributed by atoms with Gasteiger partial charge in [0.2, 0.25) is 5.78 Å². The summed E-state index contributed by atoms with van der Waals surface area (Å²) in [6, 6.07) is 31.9. The van der Waals surface area contributed by atoms with Gasteiger partial charge in [-0.15, -0.1) is 0 Å². The molecule has 0 amide bonds. The van der Waals surface area contributed by atoms with Gasteiger partial charge in [0.1, 0.15) is 5.70 Å². The zero-order valence-corrected chi connectivity index (χ0v) is 19.9. The number of carbonyl (C=O) groups excluding carboxylic acids is 2. The molecule has 0 atom stereocenters. The maximum atomic E-state index is 13.9. The molecule has 0 saturated carbocycles. The number of hydrogen-bond donors (Lipinski definition) is 0. The molecular formula is C29H21NO5S. The minimum Gasteiger partial charge on any atom is -0.420 e. The van der Waals surface area contributed by atoms with Crippen LogP contribution in [0.2, 0.25) is 0 Å². The van der Waals surface area contributed by atoms with Crippen LogP contribution in [0.15, 0.2) is 126 Å². The van der Waals surface area contributed by atoms with Crippen molar-refractivity contribution in [1.29, 1.82) is 0 Å². The number of nitrogens with zero attached hydrogens (tertiary/aromatic N) is 1. The topological polar surface area (TPSA) is 80.8 Å². The third-order valence-corrected chi connectivity index (χ3v) is 7.59. The van der Waals surface area contributed by atoms with E-state index in [1.165, 1.54) is 6.07 Å². The molecule has 4 aromatic rings. The van der Waals surface area contributed by atoms with Crippen molar-refractivity contribution in [2.24, 2.45) is 0 Å². The minimum absolute atomic E-state index is 0.0404. The molecule has 0 spiro atoms. The number of allylic oxidation sites excluding steroid dienone is 1. The Hall–Kier alpha value is -4.49. The van der Waals surface area contributed by atoms with Crippen molar-refractivity contribution < 1.29 is 22.7 Å². The second-order valence-electron chi connectivity index (χ2n) is 8.12. The van der Waals surface area contributed by atoms with Crippen LogP contribution in [0.4, 0.5) is 0 Å². The van der Waals surface area contributed by atoms with Crippen LogP contribution in [0.5, 0.6) is 0 Å². The smallest absolute Gasteiger partial charge is 0.343 e. The van der Waals surface area contributed by atoms with Gasteiger partial charge in [0.15, 0.2) is 5.76 Å². The molecule has 178 valence electrons. The van der Waals surface area contributed by atoms with Crippen LogP contribution in [-0.4, -0.2) is 24.5 Å². The number of carbonyl (C=O) groups is 2. The average Bonchev–Trinajstić information content (AvgIpc) is 2.93.